The third-order valence-corrected chi connectivity index (χ3v) is 6.84. The van der Waals surface area contributed by atoms with Crippen molar-refractivity contribution in [2.45, 2.75) is 38.2 Å². The van der Waals surface area contributed by atoms with Crippen LogP contribution < -0.4 is 14.8 Å². The minimum Gasteiger partial charge on any atom is -0.481 e. The largest absolute Gasteiger partial charge is 0.481 e. The van der Waals surface area contributed by atoms with Crippen molar-refractivity contribution in [2.75, 3.05) is 11.1 Å². The molecule has 2 heterocycles. The van der Waals surface area contributed by atoms with E-state index in [0.717, 1.165) is 11.3 Å². The number of carbonyl (C=O) groups is 2. The summed E-state index contributed by atoms with van der Waals surface area (Å²) < 4.78 is 35.4. The molecular weight excluding hydrogens is 482 g/mol. The fourth-order valence-electron chi connectivity index (χ4n) is 2.74. The minimum atomic E-state index is -3.34. The number of pyridine rings is 1. The van der Waals surface area contributed by atoms with E-state index in [4.69, 9.17) is 14.6 Å². The van der Waals surface area contributed by atoms with Crippen LogP contribution >= 0.6 is 11.3 Å². The lowest BCUT2D eigenvalue weighted by Crippen LogP contribution is -2.14. The molecule has 0 radical (unpaired) electrons. The van der Waals surface area contributed by atoms with Crippen molar-refractivity contribution in [3.05, 3.63) is 53.0 Å². The zero-order chi connectivity index (χ0) is 24.9. The van der Waals surface area contributed by atoms with Gasteiger partial charge in [0.15, 0.2) is 15.0 Å². The molecule has 0 spiro atoms. The van der Waals surface area contributed by atoms with Gasteiger partial charge in [0.1, 0.15) is 5.75 Å². The SMILES string of the molecule is CCS(=O)(=O)c1ccc(Oc2cc(C(=O)Nc3nc(CC(=O)O)cs3)cc(OC(C)C)n2)cc1. The van der Waals surface area contributed by atoms with Gasteiger partial charge in [0.05, 0.1) is 34.4 Å². The number of hydrogen-bond donors (Lipinski definition) is 2. The Hall–Kier alpha value is -3.51. The number of carboxylic acid groups (broad SMARTS) is 1. The van der Waals surface area contributed by atoms with Crippen LogP contribution in [0, 0.1) is 0 Å². The van der Waals surface area contributed by atoms with Crippen molar-refractivity contribution in [2.24, 2.45) is 0 Å². The fourth-order valence-corrected chi connectivity index (χ4v) is 4.33. The minimum absolute atomic E-state index is 0.0152. The summed E-state index contributed by atoms with van der Waals surface area (Å²) in [5, 5.41) is 13.3. The van der Waals surface area contributed by atoms with Crippen LogP contribution in [0.2, 0.25) is 0 Å². The molecule has 0 atom stereocenters. The maximum atomic E-state index is 12.8. The standard InChI is InChI=1S/C22H23N3O7S2/c1-4-34(29,30)17-7-5-16(6-8-17)32-19-10-14(9-18(24-19)31-13(2)3)21(28)25-22-23-15(12-33-22)11-20(26)27/h5-10,12-13H,4,11H2,1-3H3,(H,26,27)(H,23,25,28). The molecule has 2 N–H and O–H groups in total. The molecule has 0 unspecified atom stereocenters. The number of aromatic nitrogens is 2. The molecule has 1 amide bonds. The normalized spacial score (nSPS) is 11.3. The second-order valence-corrected chi connectivity index (χ2v) is 10.5. The third-order valence-electron chi connectivity index (χ3n) is 4.29. The molecule has 180 valence electrons. The maximum absolute atomic E-state index is 12.8. The Balaban J connectivity index is 1.83. The topological polar surface area (TPSA) is 145 Å². The Labute approximate surface area is 200 Å². The summed E-state index contributed by atoms with van der Waals surface area (Å²) in [6.45, 7) is 5.18. The highest BCUT2D eigenvalue weighted by Crippen LogP contribution is 2.26. The fraction of sp³-hybridized carbons (Fsp3) is 0.273. The van der Waals surface area contributed by atoms with Gasteiger partial charge in [-0.2, -0.15) is 4.98 Å². The van der Waals surface area contributed by atoms with Gasteiger partial charge >= 0.3 is 5.97 Å². The number of carboxylic acids is 1. The van der Waals surface area contributed by atoms with E-state index in [9.17, 15) is 18.0 Å². The highest BCUT2D eigenvalue weighted by molar-refractivity contribution is 7.91. The highest BCUT2D eigenvalue weighted by Gasteiger charge is 2.16. The number of carbonyl (C=O) groups excluding carboxylic acids is 1. The maximum Gasteiger partial charge on any atom is 0.309 e. The van der Waals surface area contributed by atoms with Crippen LogP contribution in [0.3, 0.4) is 0 Å². The highest BCUT2D eigenvalue weighted by atomic mass is 32.2. The number of hydrogen-bond acceptors (Lipinski definition) is 9. The van der Waals surface area contributed by atoms with Gasteiger partial charge in [-0.25, -0.2) is 13.4 Å². The van der Waals surface area contributed by atoms with Crippen LogP contribution in [0.15, 0.2) is 46.7 Å². The summed E-state index contributed by atoms with van der Waals surface area (Å²) in [6.07, 6.45) is -0.459. The van der Waals surface area contributed by atoms with E-state index in [1.54, 1.807) is 26.2 Å². The number of thiazole rings is 1. The molecule has 0 aliphatic rings. The molecule has 0 fully saturated rings. The van der Waals surface area contributed by atoms with E-state index in [2.05, 4.69) is 15.3 Å². The number of benzene rings is 1. The average Bonchev–Trinajstić information content (AvgIpc) is 3.19. The lowest BCUT2D eigenvalue weighted by atomic mass is 10.2. The van der Waals surface area contributed by atoms with Crippen LogP contribution in [0.5, 0.6) is 17.5 Å². The van der Waals surface area contributed by atoms with Gasteiger partial charge < -0.3 is 14.6 Å². The molecule has 2 aromatic heterocycles. The van der Waals surface area contributed by atoms with Crippen LogP contribution in [0.4, 0.5) is 5.13 Å². The number of rotatable bonds is 10. The van der Waals surface area contributed by atoms with Crippen molar-refractivity contribution < 1.29 is 32.6 Å². The van der Waals surface area contributed by atoms with Crippen LogP contribution in [0.1, 0.15) is 36.8 Å². The molecule has 10 nitrogen and oxygen atoms in total. The van der Waals surface area contributed by atoms with Gasteiger partial charge in [-0.3, -0.25) is 14.9 Å². The Morgan fingerprint density at radius 3 is 2.41 bits per heavy atom. The number of sulfone groups is 1. The van der Waals surface area contributed by atoms with Gasteiger partial charge in [0, 0.05) is 17.5 Å². The molecular formula is C22H23N3O7S2. The molecule has 3 aromatic rings. The summed E-state index contributed by atoms with van der Waals surface area (Å²) in [5.74, 6) is -0.988. The van der Waals surface area contributed by atoms with E-state index in [1.165, 1.54) is 36.4 Å². The molecule has 0 aliphatic carbocycles. The van der Waals surface area contributed by atoms with E-state index < -0.39 is 21.7 Å². The number of nitrogens with zero attached hydrogens (tertiary/aromatic N) is 2. The first-order valence-corrected chi connectivity index (χ1v) is 12.8. The molecule has 0 aliphatic heterocycles. The van der Waals surface area contributed by atoms with Crippen molar-refractivity contribution in [3.63, 3.8) is 0 Å². The van der Waals surface area contributed by atoms with E-state index in [-0.39, 0.29) is 45.6 Å². The van der Waals surface area contributed by atoms with Crippen LogP contribution in [0.25, 0.3) is 0 Å². The van der Waals surface area contributed by atoms with Crippen molar-refractivity contribution in [3.8, 4) is 17.5 Å². The lowest BCUT2D eigenvalue weighted by Gasteiger charge is -2.13. The molecule has 3 rings (SSSR count). The molecule has 1 aromatic carbocycles. The van der Waals surface area contributed by atoms with Gasteiger partial charge in [-0.05, 0) is 38.1 Å². The van der Waals surface area contributed by atoms with Crippen molar-refractivity contribution >= 4 is 38.2 Å². The van der Waals surface area contributed by atoms with Gasteiger partial charge in [0.2, 0.25) is 11.8 Å². The third kappa shape index (κ3) is 6.75. The second-order valence-electron chi connectivity index (χ2n) is 7.34. The second kappa shape index (κ2) is 10.6. The predicted octanol–water partition coefficient (Wildman–Crippen LogP) is 3.79. The van der Waals surface area contributed by atoms with Crippen LogP contribution in [-0.2, 0) is 21.1 Å². The van der Waals surface area contributed by atoms with Crippen molar-refractivity contribution in [1.82, 2.24) is 9.97 Å². The summed E-state index contributed by atoms with van der Waals surface area (Å²) in [5.41, 5.74) is 0.518. The first-order chi connectivity index (χ1) is 16.1. The Morgan fingerprint density at radius 1 is 1.12 bits per heavy atom. The monoisotopic (exact) mass is 505 g/mol. The van der Waals surface area contributed by atoms with E-state index in [1.807, 2.05) is 0 Å². The number of amides is 1. The van der Waals surface area contributed by atoms with Crippen molar-refractivity contribution in [1.29, 1.82) is 0 Å². The smallest absolute Gasteiger partial charge is 0.309 e. The number of nitrogens with one attached hydrogen (secondary N) is 1. The van der Waals surface area contributed by atoms with E-state index >= 15 is 0 Å². The zero-order valence-corrected chi connectivity index (χ0v) is 20.3. The summed E-state index contributed by atoms with van der Waals surface area (Å²) >= 11 is 1.11. The first-order valence-electron chi connectivity index (χ1n) is 10.2. The van der Waals surface area contributed by atoms with Crippen LogP contribution in [-0.4, -0.2) is 47.2 Å². The quantitative estimate of drug-likeness (QED) is 0.420. The van der Waals surface area contributed by atoms with Gasteiger partial charge in [-0.15, -0.1) is 11.3 Å². The lowest BCUT2D eigenvalue weighted by molar-refractivity contribution is -0.136. The van der Waals surface area contributed by atoms with Gasteiger partial charge in [-0.1, -0.05) is 6.92 Å². The molecule has 0 bridgehead atoms. The molecule has 12 heteroatoms. The van der Waals surface area contributed by atoms with E-state index in [0.29, 0.717) is 11.4 Å². The first kappa shape index (κ1) is 25.1. The molecule has 34 heavy (non-hydrogen) atoms. The molecule has 0 saturated heterocycles. The Kier molecular flexibility index (Phi) is 7.84. The Morgan fingerprint density at radius 2 is 1.79 bits per heavy atom. The summed E-state index contributed by atoms with van der Waals surface area (Å²) in [4.78, 5) is 32.2. The molecule has 0 saturated carbocycles. The number of ether oxygens (including phenoxy) is 2. The number of aliphatic carboxylic acids is 1. The summed E-state index contributed by atoms with van der Waals surface area (Å²) in [7, 11) is -3.34. The average molecular weight is 506 g/mol. The Bertz CT molecular complexity index is 1290. The van der Waals surface area contributed by atoms with Gasteiger partial charge in [0.25, 0.3) is 5.91 Å². The number of anilines is 1. The summed E-state index contributed by atoms with van der Waals surface area (Å²) in [6, 6.07) is 8.73. The predicted molar refractivity (Wildman–Crippen MR) is 126 cm³/mol. The zero-order valence-electron chi connectivity index (χ0n) is 18.6.